The van der Waals surface area contributed by atoms with Crippen molar-refractivity contribution in [3.05, 3.63) is 56.1 Å². The summed E-state index contributed by atoms with van der Waals surface area (Å²) >= 11 is 8.50. The zero-order chi connectivity index (χ0) is 13.4. The first-order chi connectivity index (χ1) is 9.13. The molecule has 1 atom stereocenters. The monoisotopic (exact) mass is 385 g/mol. The van der Waals surface area contributed by atoms with Crippen molar-refractivity contribution in [1.29, 1.82) is 0 Å². The van der Waals surface area contributed by atoms with Gasteiger partial charge in [0.2, 0.25) is 0 Å². The number of halogens is 2. The van der Waals surface area contributed by atoms with E-state index in [0.717, 1.165) is 27.1 Å². The van der Waals surface area contributed by atoms with E-state index in [4.69, 9.17) is 11.6 Å². The van der Waals surface area contributed by atoms with Gasteiger partial charge < -0.3 is 10.4 Å². The summed E-state index contributed by atoms with van der Waals surface area (Å²) in [5.74, 6) is 0.340. The Morgan fingerprint density at radius 1 is 1.21 bits per heavy atom. The van der Waals surface area contributed by atoms with Gasteiger partial charge in [0.15, 0.2) is 0 Å². The fourth-order valence-electron chi connectivity index (χ4n) is 2.55. The number of nitrogens with one attached hydrogen (secondary N) is 1. The number of hydrogen-bond acceptors (Lipinski definition) is 2. The zero-order valence-corrected chi connectivity index (χ0v) is 13.1. The molecule has 0 heterocycles. The lowest BCUT2D eigenvalue weighted by Crippen LogP contribution is -2.07. The normalized spacial score (nSPS) is 17.3. The quantitative estimate of drug-likeness (QED) is 0.731. The smallest absolute Gasteiger partial charge is 0.115 e. The van der Waals surface area contributed by atoms with Gasteiger partial charge in [-0.3, -0.25) is 0 Å². The van der Waals surface area contributed by atoms with Crippen LogP contribution in [0.4, 0.5) is 5.69 Å². The fraction of sp³-hybridized carbons (Fsp3) is 0.200. The molecular weight excluding hydrogens is 373 g/mol. The van der Waals surface area contributed by atoms with Gasteiger partial charge in [0.05, 0.1) is 16.8 Å². The summed E-state index contributed by atoms with van der Waals surface area (Å²) in [5.41, 5.74) is 3.44. The van der Waals surface area contributed by atoms with Gasteiger partial charge in [0.25, 0.3) is 0 Å². The number of hydrogen-bond donors (Lipinski definition) is 2. The largest absolute Gasteiger partial charge is 0.508 e. The van der Waals surface area contributed by atoms with E-state index in [1.165, 1.54) is 11.1 Å². The van der Waals surface area contributed by atoms with Crippen LogP contribution in [0.3, 0.4) is 0 Å². The lowest BCUT2D eigenvalue weighted by Gasteiger charge is -2.17. The van der Waals surface area contributed by atoms with Crippen molar-refractivity contribution in [3.63, 3.8) is 0 Å². The number of aromatic hydroxyl groups is 1. The molecule has 4 heteroatoms. The van der Waals surface area contributed by atoms with Crippen molar-refractivity contribution in [3.8, 4) is 5.75 Å². The predicted molar refractivity (Wildman–Crippen MR) is 87.0 cm³/mol. The molecular formula is C15H13ClINO. The van der Waals surface area contributed by atoms with E-state index in [-0.39, 0.29) is 6.04 Å². The number of phenols is 1. The molecule has 0 fully saturated rings. The summed E-state index contributed by atoms with van der Waals surface area (Å²) in [6, 6.07) is 11.9. The van der Waals surface area contributed by atoms with Gasteiger partial charge in [0.1, 0.15) is 5.75 Å². The van der Waals surface area contributed by atoms with Gasteiger partial charge in [-0.2, -0.15) is 0 Å². The highest BCUT2D eigenvalue weighted by Crippen LogP contribution is 2.37. The van der Waals surface area contributed by atoms with Gasteiger partial charge in [-0.25, -0.2) is 0 Å². The molecule has 1 unspecified atom stereocenters. The van der Waals surface area contributed by atoms with E-state index in [1.54, 1.807) is 6.07 Å². The maximum absolute atomic E-state index is 9.50. The number of fused-ring (bicyclic) bond motifs is 1. The number of rotatable bonds is 2. The minimum atomic E-state index is 0.271. The van der Waals surface area contributed by atoms with Crippen molar-refractivity contribution in [2.24, 2.45) is 0 Å². The molecule has 0 spiro atoms. The Bertz CT molecular complexity index is 630. The van der Waals surface area contributed by atoms with Crippen LogP contribution in [0.25, 0.3) is 0 Å². The van der Waals surface area contributed by atoms with Gasteiger partial charge in [-0.05, 0) is 76.9 Å². The topological polar surface area (TPSA) is 32.3 Å². The first kappa shape index (κ1) is 13.1. The number of phenolic OH excluding ortho intramolecular Hbond substituents is 1. The van der Waals surface area contributed by atoms with Gasteiger partial charge in [0, 0.05) is 3.57 Å². The minimum absolute atomic E-state index is 0.271. The highest BCUT2D eigenvalue weighted by Gasteiger charge is 2.23. The fourth-order valence-corrected chi connectivity index (χ4v) is 3.46. The predicted octanol–water partition coefficient (Wildman–Crippen LogP) is 4.75. The van der Waals surface area contributed by atoms with Crippen LogP contribution in [0.2, 0.25) is 5.02 Å². The Balaban J connectivity index is 1.86. The molecule has 0 saturated carbocycles. The Labute approximate surface area is 130 Å². The highest BCUT2D eigenvalue weighted by molar-refractivity contribution is 14.1. The van der Waals surface area contributed by atoms with Crippen LogP contribution >= 0.6 is 34.2 Å². The molecule has 0 amide bonds. The van der Waals surface area contributed by atoms with E-state index in [1.807, 2.05) is 30.3 Å². The second-order valence-electron chi connectivity index (χ2n) is 4.74. The average molecular weight is 386 g/mol. The molecule has 2 nitrogen and oxygen atoms in total. The molecule has 3 rings (SSSR count). The average Bonchev–Trinajstić information content (AvgIpc) is 2.75. The van der Waals surface area contributed by atoms with Crippen molar-refractivity contribution in [1.82, 2.24) is 0 Å². The molecule has 1 aliphatic rings. The van der Waals surface area contributed by atoms with Crippen LogP contribution in [0, 0.1) is 3.57 Å². The minimum Gasteiger partial charge on any atom is -0.508 e. The van der Waals surface area contributed by atoms with Crippen molar-refractivity contribution in [2.75, 3.05) is 5.32 Å². The summed E-state index contributed by atoms with van der Waals surface area (Å²) in [6.07, 6.45) is 2.02. The maximum Gasteiger partial charge on any atom is 0.115 e. The summed E-state index contributed by atoms with van der Waals surface area (Å²) < 4.78 is 1.13. The van der Waals surface area contributed by atoms with Crippen LogP contribution in [0.1, 0.15) is 23.6 Å². The summed E-state index contributed by atoms with van der Waals surface area (Å²) in [5, 5.41) is 13.7. The molecule has 0 bridgehead atoms. The van der Waals surface area contributed by atoms with Crippen LogP contribution in [-0.2, 0) is 6.42 Å². The van der Waals surface area contributed by atoms with Crippen LogP contribution in [-0.4, -0.2) is 5.11 Å². The highest BCUT2D eigenvalue weighted by atomic mass is 127. The summed E-state index contributed by atoms with van der Waals surface area (Å²) in [7, 11) is 0. The third kappa shape index (κ3) is 2.67. The molecule has 0 radical (unpaired) electrons. The van der Waals surface area contributed by atoms with E-state index in [9.17, 15) is 5.11 Å². The lowest BCUT2D eigenvalue weighted by atomic mass is 10.1. The van der Waals surface area contributed by atoms with E-state index < -0.39 is 0 Å². The molecule has 19 heavy (non-hydrogen) atoms. The van der Waals surface area contributed by atoms with Crippen molar-refractivity contribution in [2.45, 2.75) is 18.9 Å². The molecule has 2 N–H and O–H groups in total. The maximum atomic E-state index is 9.50. The Morgan fingerprint density at radius 3 is 2.84 bits per heavy atom. The molecule has 0 saturated heterocycles. The van der Waals surface area contributed by atoms with Crippen LogP contribution < -0.4 is 5.32 Å². The standard InChI is InChI=1S/C15H13ClINO/c16-13-8-10(17)2-6-15(13)18-14-5-1-9-7-11(19)3-4-12(9)14/h2-4,6-8,14,18-19H,1,5H2. The van der Waals surface area contributed by atoms with Gasteiger partial charge in [-0.1, -0.05) is 17.7 Å². The lowest BCUT2D eigenvalue weighted by molar-refractivity contribution is 0.474. The summed E-state index contributed by atoms with van der Waals surface area (Å²) in [6.45, 7) is 0. The first-order valence-electron chi connectivity index (χ1n) is 6.17. The summed E-state index contributed by atoms with van der Waals surface area (Å²) in [4.78, 5) is 0. The number of benzene rings is 2. The van der Waals surface area contributed by atoms with Crippen LogP contribution in [0.5, 0.6) is 5.75 Å². The third-order valence-electron chi connectivity index (χ3n) is 3.47. The van der Waals surface area contributed by atoms with Crippen LogP contribution in [0.15, 0.2) is 36.4 Å². The molecule has 98 valence electrons. The first-order valence-corrected chi connectivity index (χ1v) is 7.62. The molecule has 0 aliphatic heterocycles. The second-order valence-corrected chi connectivity index (χ2v) is 6.40. The van der Waals surface area contributed by atoms with E-state index in [0.29, 0.717) is 5.75 Å². The van der Waals surface area contributed by atoms with Crippen molar-refractivity contribution >= 4 is 39.9 Å². The SMILES string of the molecule is Oc1ccc2c(c1)CCC2Nc1ccc(I)cc1Cl. The van der Waals surface area contributed by atoms with Crippen molar-refractivity contribution < 1.29 is 5.11 Å². The second kappa shape index (κ2) is 5.21. The molecule has 0 aromatic heterocycles. The van der Waals surface area contributed by atoms with E-state index >= 15 is 0 Å². The number of anilines is 1. The Kier molecular flexibility index (Phi) is 3.58. The molecule has 1 aliphatic carbocycles. The third-order valence-corrected chi connectivity index (χ3v) is 4.45. The van der Waals surface area contributed by atoms with E-state index in [2.05, 4.69) is 27.9 Å². The molecule has 2 aromatic carbocycles. The van der Waals surface area contributed by atoms with Gasteiger partial charge in [-0.15, -0.1) is 0 Å². The van der Waals surface area contributed by atoms with Gasteiger partial charge >= 0.3 is 0 Å². The Hall–Kier alpha value is -0.940. The number of aryl methyl sites for hydroxylation is 1. The molecule has 2 aromatic rings. The zero-order valence-electron chi connectivity index (χ0n) is 10.2. The Morgan fingerprint density at radius 2 is 2.05 bits per heavy atom.